The summed E-state index contributed by atoms with van der Waals surface area (Å²) in [5.41, 5.74) is -2.41. The molecule has 0 saturated carbocycles. The maximum absolute atomic E-state index is 13.0. The molecule has 1 N–H and O–H groups in total. The van der Waals surface area contributed by atoms with E-state index in [0.717, 1.165) is 6.07 Å². The molecule has 0 spiro atoms. The normalized spacial score (nSPS) is 14.0. The molecule has 1 heterocycles. The number of ether oxygens (including phenoxy) is 2. The largest absolute Gasteiger partial charge is 0.484 e. The zero-order valence-electron chi connectivity index (χ0n) is 16.6. The maximum atomic E-state index is 13.0. The van der Waals surface area contributed by atoms with Crippen molar-refractivity contribution in [1.82, 2.24) is 4.90 Å². The van der Waals surface area contributed by atoms with Gasteiger partial charge in [-0.1, -0.05) is 0 Å². The third-order valence-corrected chi connectivity index (χ3v) is 4.55. The van der Waals surface area contributed by atoms with Crippen LogP contribution in [-0.2, 0) is 15.7 Å². The van der Waals surface area contributed by atoms with Gasteiger partial charge in [0.2, 0.25) is 0 Å². The van der Waals surface area contributed by atoms with E-state index in [4.69, 9.17) is 9.47 Å². The lowest BCUT2D eigenvalue weighted by molar-refractivity contribution is -0.388. The van der Waals surface area contributed by atoms with Crippen molar-refractivity contribution in [3.63, 3.8) is 0 Å². The summed E-state index contributed by atoms with van der Waals surface area (Å²) in [5, 5.41) is 13.0. The molecule has 1 fully saturated rings. The number of amides is 2. The number of alkyl halides is 3. The summed E-state index contributed by atoms with van der Waals surface area (Å²) < 4.78 is 49.6. The van der Waals surface area contributed by atoms with Crippen molar-refractivity contribution in [3.05, 3.63) is 63.7 Å². The number of carbonyl (C=O) groups is 2. The highest BCUT2D eigenvalue weighted by Crippen LogP contribution is 2.37. The second-order valence-corrected chi connectivity index (χ2v) is 6.75. The Balaban J connectivity index is 1.58. The quantitative estimate of drug-likeness (QED) is 0.532. The Morgan fingerprint density at radius 1 is 1.12 bits per heavy atom. The van der Waals surface area contributed by atoms with E-state index in [-0.39, 0.29) is 17.3 Å². The standard InChI is InChI=1S/C20H18F3N3O6/c21-20(22,23)16-11-14(3-6-17(16)26(29)30)24-18(27)12-32-15-4-1-13(2-5-15)19(28)25-7-9-31-10-8-25/h1-6,11H,7-10,12H2,(H,24,27). The van der Waals surface area contributed by atoms with Gasteiger partial charge in [0.25, 0.3) is 17.5 Å². The summed E-state index contributed by atoms with van der Waals surface area (Å²) in [4.78, 5) is 35.7. The van der Waals surface area contributed by atoms with Gasteiger partial charge in [0.15, 0.2) is 6.61 Å². The van der Waals surface area contributed by atoms with Gasteiger partial charge < -0.3 is 19.7 Å². The van der Waals surface area contributed by atoms with Gasteiger partial charge in [0.1, 0.15) is 11.3 Å². The molecule has 1 aliphatic heterocycles. The van der Waals surface area contributed by atoms with Gasteiger partial charge in [-0.05, 0) is 36.4 Å². The average Bonchev–Trinajstić information content (AvgIpc) is 2.77. The second-order valence-electron chi connectivity index (χ2n) is 6.75. The molecular formula is C20H18F3N3O6. The van der Waals surface area contributed by atoms with Crippen molar-refractivity contribution in [2.24, 2.45) is 0 Å². The zero-order chi connectivity index (χ0) is 23.3. The van der Waals surface area contributed by atoms with Crippen LogP contribution in [0.2, 0.25) is 0 Å². The first kappa shape index (κ1) is 23.0. The summed E-state index contributed by atoms with van der Waals surface area (Å²) in [7, 11) is 0. The van der Waals surface area contributed by atoms with Crippen LogP contribution in [0.3, 0.4) is 0 Å². The first-order chi connectivity index (χ1) is 15.1. The van der Waals surface area contributed by atoms with Crippen LogP contribution in [0.4, 0.5) is 24.5 Å². The smallest absolute Gasteiger partial charge is 0.423 e. The Morgan fingerprint density at radius 2 is 1.78 bits per heavy atom. The Kier molecular flexibility index (Phi) is 6.93. The molecule has 32 heavy (non-hydrogen) atoms. The SMILES string of the molecule is O=C(COc1ccc(C(=O)N2CCOCC2)cc1)Nc1ccc([N+](=O)[O-])c(C(F)(F)F)c1. The number of hydrogen-bond acceptors (Lipinski definition) is 6. The van der Waals surface area contributed by atoms with Gasteiger partial charge in [-0.15, -0.1) is 0 Å². The van der Waals surface area contributed by atoms with Crippen LogP contribution < -0.4 is 10.1 Å². The lowest BCUT2D eigenvalue weighted by Gasteiger charge is -2.26. The minimum absolute atomic E-state index is 0.156. The fraction of sp³-hybridized carbons (Fsp3) is 0.300. The van der Waals surface area contributed by atoms with Crippen molar-refractivity contribution < 1.29 is 37.2 Å². The molecule has 2 amide bonds. The number of anilines is 1. The summed E-state index contributed by atoms with van der Waals surface area (Å²) in [6.07, 6.45) is -4.96. The Hall–Kier alpha value is -3.67. The minimum Gasteiger partial charge on any atom is -0.484 e. The molecule has 12 heteroatoms. The molecule has 0 aliphatic carbocycles. The van der Waals surface area contributed by atoms with Crippen LogP contribution in [0, 0.1) is 10.1 Å². The Morgan fingerprint density at radius 3 is 2.38 bits per heavy atom. The molecule has 0 radical (unpaired) electrons. The van der Waals surface area contributed by atoms with Gasteiger partial charge in [-0.2, -0.15) is 13.2 Å². The van der Waals surface area contributed by atoms with Crippen LogP contribution in [0.15, 0.2) is 42.5 Å². The van der Waals surface area contributed by atoms with Gasteiger partial charge in [-0.3, -0.25) is 19.7 Å². The fourth-order valence-corrected chi connectivity index (χ4v) is 2.99. The van der Waals surface area contributed by atoms with E-state index in [1.54, 1.807) is 4.90 Å². The van der Waals surface area contributed by atoms with E-state index >= 15 is 0 Å². The van der Waals surface area contributed by atoms with Gasteiger partial charge in [-0.25, -0.2) is 0 Å². The van der Waals surface area contributed by atoms with Crippen molar-refractivity contribution in [3.8, 4) is 5.75 Å². The molecule has 170 valence electrons. The Labute approximate surface area is 179 Å². The van der Waals surface area contributed by atoms with Gasteiger partial charge >= 0.3 is 6.18 Å². The molecule has 3 rings (SSSR count). The molecular weight excluding hydrogens is 435 g/mol. The molecule has 0 atom stereocenters. The van der Waals surface area contributed by atoms with E-state index in [2.05, 4.69) is 5.32 Å². The average molecular weight is 453 g/mol. The number of nitrogens with one attached hydrogen (secondary N) is 1. The van der Waals surface area contributed by atoms with Gasteiger partial charge in [0, 0.05) is 30.4 Å². The third kappa shape index (κ3) is 5.72. The number of hydrogen-bond donors (Lipinski definition) is 1. The number of benzene rings is 2. The molecule has 9 nitrogen and oxygen atoms in total. The summed E-state index contributed by atoms with van der Waals surface area (Å²) >= 11 is 0. The Bertz CT molecular complexity index is 1000. The molecule has 1 aliphatic rings. The lowest BCUT2D eigenvalue weighted by Crippen LogP contribution is -2.40. The number of nitrogens with zero attached hydrogens (tertiary/aromatic N) is 2. The van der Waals surface area contributed by atoms with E-state index in [9.17, 15) is 32.9 Å². The topological polar surface area (TPSA) is 111 Å². The summed E-state index contributed by atoms with van der Waals surface area (Å²) in [5.74, 6) is -0.643. The molecule has 1 saturated heterocycles. The number of morpholine rings is 1. The first-order valence-electron chi connectivity index (χ1n) is 9.40. The highest BCUT2D eigenvalue weighted by atomic mass is 19.4. The second kappa shape index (κ2) is 9.64. The predicted octanol–water partition coefficient (Wildman–Crippen LogP) is 3.10. The van der Waals surface area contributed by atoms with Crippen LogP contribution in [0.25, 0.3) is 0 Å². The highest BCUT2D eigenvalue weighted by molar-refractivity contribution is 5.94. The third-order valence-electron chi connectivity index (χ3n) is 4.55. The lowest BCUT2D eigenvalue weighted by atomic mass is 10.1. The van der Waals surface area contributed by atoms with E-state index in [1.165, 1.54) is 24.3 Å². The van der Waals surface area contributed by atoms with Crippen LogP contribution in [-0.4, -0.2) is 54.5 Å². The van der Waals surface area contributed by atoms with E-state index in [0.29, 0.717) is 44.0 Å². The number of rotatable bonds is 6. The maximum Gasteiger partial charge on any atom is 0.423 e. The van der Waals surface area contributed by atoms with E-state index in [1.807, 2.05) is 0 Å². The molecule has 2 aromatic carbocycles. The minimum atomic E-state index is -4.96. The van der Waals surface area contributed by atoms with E-state index < -0.39 is 34.9 Å². The molecule has 0 unspecified atom stereocenters. The molecule has 0 aromatic heterocycles. The van der Waals surface area contributed by atoms with Crippen LogP contribution in [0.1, 0.15) is 15.9 Å². The summed E-state index contributed by atoms with van der Waals surface area (Å²) in [6, 6.07) is 8.22. The predicted molar refractivity (Wildman–Crippen MR) is 105 cm³/mol. The number of carbonyl (C=O) groups excluding carboxylic acids is 2. The van der Waals surface area contributed by atoms with Crippen molar-refractivity contribution in [1.29, 1.82) is 0 Å². The molecule has 2 aromatic rings. The first-order valence-corrected chi connectivity index (χ1v) is 9.40. The van der Waals surface area contributed by atoms with Crippen molar-refractivity contribution in [2.45, 2.75) is 6.18 Å². The number of nitro benzene ring substituents is 1. The number of halogens is 3. The van der Waals surface area contributed by atoms with Crippen molar-refractivity contribution in [2.75, 3.05) is 38.2 Å². The van der Waals surface area contributed by atoms with Crippen LogP contribution in [0.5, 0.6) is 5.75 Å². The van der Waals surface area contributed by atoms with Crippen molar-refractivity contribution >= 4 is 23.2 Å². The fourth-order valence-electron chi connectivity index (χ4n) is 2.99. The number of nitro groups is 1. The van der Waals surface area contributed by atoms with Gasteiger partial charge in [0.05, 0.1) is 18.1 Å². The molecule has 0 bridgehead atoms. The van der Waals surface area contributed by atoms with Crippen LogP contribution >= 0.6 is 0 Å². The summed E-state index contributed by atoms with van der Waals surface area (Å²) in [6.45, 7) is 1.42. The monoisotopic (exact) mass is 453 g/mol. The highest BCUT2D eigenvalue weighted by Gasteiger charge is 2.38. The zero-order valence-corrected chi connectivity index (χ0v) is 16.6.